The van der Waals surface area contributed by atoms with Crippen LogP contribution in [0.15, 0.2) is 34.9 Å². The molecule has 5 heteroatoms. The van der Waals surface area contributed by atoms with Crippen molar-refractivity contribution in [2.45, 2.75) is 46.2 Å². The molecule has 1 amide bonds. The molecular formula is C17H22BrN3O. The molecule has 0 aliphatic carbocycles. The Morgan fingerprint density at radius 1 is 1.32 bits per heavy atom. The van der Waals surface area contributed by atoms with E-state index < -0.39 is 0 Å². The van der Waals surface area contributed by atoms with Crippen molar-refractivity contribution in [2.24, 2.45) is 0 Å². The van der Waals surface area contributed by atoms with Crippen LogP contribution >= 0.6 is 15.9 Å². The zero-order valence-corrected chi connectivity index (χ0v) is 15.0. The monoisotopic (exact) mass is 363 g/mol. The molecule has 0 spiro atoms. The summed E-state index contributed by atoms with van der Waals surface area (Å²) in [7, 11) is 0. The molecule has 2 atom stereocenters. The van der Waals surface area contributed by atoms with E-state index in [9.17, 15) is 4.79 Å². The number of aromatic nitrogens is 2. The van der Waals surface area contributed by atoms with Gasteiger partial charge < -0.3 is 5.32 Å². The van der Waals surface area contributed by atoms with Crippen molar-refractivity contribution in [1.29, 1.82) is 0 Å². The lowest BCUT2D eigenvalue weighted by Gasteiger charge is -2.20. The fourth-order valence-electron chi connectivity index (χ4n) is 2.29. The fourth-order valence-corrected chi connectivity index (χ4v) is 2.58. The van der Waals surface area contributed by atoms with Gasteiger partial charge in [0.1, 0.15) is 6.04 Å². The minimum Gasteiger partial charge on any atom is -0.347 e. The number of aryl methyl sites for hydroxylation is 2. The van der Waals surface area contributed by atoms with E-state index in [1.807, 2.05) is 20.0 Å². The molecule has 0 radical (unpaired) electrons. The van der Waals surface area contributed by atoms with Crippen molar-refractivity contribution >= 4 is 21.8 Å². The van der Waals surface area contributed by atoms with E-state index in [-0.39, 0.29) is 18.0 Å². The van der Waals surface area contributed by atoms with Crippen molar-refractivity contribution in [1.82, 2.24) is 15.1 Å². The molecule has 0 aliphatic rings. The Balaban J connectivity index is 2.10. The zero-order chi connectivity index (χ0) is 16.3. The van der Waals surface area contributed by atoms with Crippen LogP contribution in [-0.2, 0) is 4.79 Å². The van der Waals surface area contributed by atoms with Crippen molar-refractivity contribution in [3.05, 3.63) is 51.8 Å². The van der Waals surface area contributed by atoms with Crippen molar-refractivity contribution in [3.8, 4) is 0 Å². The summed E-state index contributed by atoms with van der Waals surface area (Å²) in [5.41, 5.74) is 3.23. The summed E-state index contributed by atoms with van der Waals surface area (Å²) in [5.74, 6) is -0.0255. The van der Waals surface area contributed by atoms with Gasteiger partial charge in [0, 0.05) is 6.20 Å². The summed E-state index contributed by atoms with van der Waals surface area (Å²) in [4.78, 5) is 12.5. The Morgan fingerprint density at radius 3 is 2.45 bits per heavy atom. The minimum absolute atomic E-state index is 0.0237. The van der Waals surface area contributed by atoms with E-state index >= 15 is 0 Å². The first kappa shape index (κ1) is 16.7. The van der Waals surface area contributed by atoms with Crippen LogP contribution in [0, 0.1) is 13.8 Å². The maximum absolute atomic E-state index is 12.5. The van der Waals surface area contributed by atoms with E-state index in [0.29, 0.717) is 0 Å². The van der Waals surface area contributed by atoms with E-state index in [1.165, 1.54) is 5.56 Å². The number of carbonyl (C=O) groups excluding carboxylic acids is 1. The minimum atomic E-state index is -0.343. The van der Waals surface area contributed by atoms with Gasteiger partial charge in [0.05, 0.1) is 16.2 Å². The Hall–Kier alpha value is -1.62. The number of benzene rings is 1. The molecule has 2 unspecified atom stereocenters. The molecule has 118 valence electrons. The lowest BCUT2D eigenvalue weighted by Crippen LogP contribution is -2.34. The van der Waals surface area contributed by atoms with Gasteiger partial charge in [-0.3, -0.25) is 9.48 Å². The Morgan fingerprint density at radius 2 is 1.95 bits per heavy atom. The van der Waals surface area contributed by atoms with Gasteiger partial charge in [0.15, 0.2) is 0 Å². The smallest absolute Gasteiger partial charge is 0.245 e. The standard InChI is InChI=1S/C17H22BrN3O/c1-5-16(14-8-6-11(2)7-9-14)19-17(22)13(4)21-10-15(18)12(3)20-21/h6-10,13,16H,5H2,1-4H3,(H,19,22). The van der Waals surface area contributed by atoms with Gasteiger partial charge in [0.25, 0.3) is 0 Å². The van der Waals surface area contributed by atoms with Crippen LogP contribution in [0.25, 0.3) is 0 Å². The van der Waals surface area contributed by atoms with Gasteiger partial charge in [-0.1, -0.05) is 36.8 Å². The van der Waals surface area contributed by atoms with Crippen LogP contribution in [-0.4, -0.2) is 15.7 Å². The molecule has 1 aromatic heterocycles. The number of nitrogens with zero attached hydrogens (tertiary/aromatic N) is 2. The summed E-state index contributed by atoms with van der Waals surface area (Å²) < 4.78 is 2.61. The van der Waals surface area contributed by atoms with Gasteiger partial charge in [0.2, 0.25) is 5.91 Å². The fraction of sp³-hybridized carbons (Fsp3) is 0.412. The van der Waals surface area contributed by atoms with Crippen molar-refractivity contribution in [2.75, 3.05) is 0 Å². The molecule has 0 fully saturated rings. The predicted molar refractivity (Wildman–Crippen MR) is 91.7 cm³/mol. The van der Waals surface area contributed by atoms with E-state index in [2.05, 4.69) is 64.5 Å². The summed E-state index contributed by atoms with van der Waals surface area (Å²) in [6.45, 7) is 7.90. The van der Waals surface area contributed by atoms with Gasteiger partial charge in [-0.25, -0.2) is 0 Å². The highest BCUT2D eigenvalue weighted by molar-refractivity contribution is 9.10. The maximum atomic E-state index is 12.5. The lowest BCUT2D eigenvalue weighted by molar-refractivity contribution is -0.124. The first-order valence-electron chi connectivity index (χ1n) is 7.50. The summed E-state index contributed by atoms with van der Waals surface area (Å²) in [5, 5.41) is 7.47. The van der Waals surface area contributed by atoms with Crippen LogP contribution in [0.5, 0.6) is 0 Å². The summed E-state index contributed by atoms with van der Waals surface area (Å²) >= 11 is 3.43. The van der Waals surface area contributed by atoms with Gasteiger partial charge in [-0.15, -0.1) is 0 Å². The molecule has 0 bridgehead atoms. The predicted octanol–water partition coefficient (Wildman–Crippen LogP) is 4.09. The van der Waals surface area contributed by atoms with Gasteiger partial charge >= 0.3 is 0 Å². The van der Waals surface area contributed by atoms with Gasteiger partial charge in [-0.2, -0.15) is 5.10 Å². The number of hydrogen-bond donors (Lipinski definition) is 1. The second-order valence-electron chi connectivity index (χ2n) is 5.60. The number of nitrogens with one attached hydrogen (secondary N) is 1. The summed E-state index contributed by atoms with van der Waals surface area (Å²) in [6.07, 6.45) is 2.69. The second kappa shape index (κ2) is 7.09. The molecule has 2 rings (SSSR count). The number of halogens is 1. The van der Waals surface area contributed by atoms with E-state index in [4.69, 9.17) is 0 Å². The van der Waals surface area contributed by atoms with Crippen LogP contribution in [0.2, 0.25) is 0 Å². The molecule has 0 saturated heterocycles. The third-order valence-corrected chi connectivity index (χ3v) is 4.62. The SMILES string of the molecule is CCC(NC(=O)C(C)n1cc(Br)c(C)n1)c1ccc(C)cc1. The number of carbonyl (C=O) groups is 1. The molecule has 22 heavy (non-hydrogen) atoms. The number of rotatable bonds is 5. The molecule has 0 aliphatic heterocycles. The third-order valence-electron chi connectivity index (χ3n) is 3.84. The Bertz CT molecular complexity index is 629. The highest BCUT2D eigenvalue weighted by Crippen LogP contribution is 2.20. The molecule has 1 N–H and O–H groups in total. The molecule has 2 aromatic rings. The normalized spacial score (nSPS) is 13.7. The third kappa shape index (κ3) is 3.77. The highest BCUT2D eigenvalue weighted by Gasteiger charge is 2.20. The highest BCUT2D eigenvalue weighted by atomic mass is 79.9. The van der Waals surface area contributed by atoms with Crippen molar-refractivity contribution < 1.29 is 4.79 Å². The van der Waals surface area contributed by atoms with Crippen LogP contribution in [0.1, 0.15) is 49.2 Å². The average molecular weight is 364 g/mol. The molecule has 0 saturated carbocycles. The van der Waals surface area contributed by atoms with Crippen LogP contribution < -0.4 is 5.32 Å². The van der Waals surface area contributed by atoms with Crippen LogP contribution in [0.3, 0.4) is 0 Å². The Labute approximate surface area is 140 Å². The molecule has 1 aromatic carbocycles. The average Bonchev–Trinajstić information content (AvgIpc) is 2.84. The number of amides is 1. The second-order valence-corrected chi connectivity index (χ2v) is 6.45. The van der Waals surface area contributed by atoms with E-state index in [0.717, 1.165) is 22.2 Å². The van der Waals surface area contributed by atoms with Gasteiger partial charge in [-0.05, 0) is 48.7 Å². The van der Waals surface area contributed by atoms with E-state index in [1.54, 1.807) is 4.68 Å². The first-order chi connectivity index (χ1) is 10.4. The van der Waals surface area contributed by atoms with Crippen LogP contribution in [0.4, 0.5) is 0 Å². The topological polar surface area (TPSA) is 46.9 Å². The van der Waals surface area contributed by atoms with Crippen molar-refractivity contribution in [3.63, 3.8) is 0 Å². The first-order valence-corrected chi connectivity index (χ1v) is 8.29. The summed E-state index contributed by atoms with van der Waals surface area (Å²) in [6, 6.07) is 7.97. The Kier molecular flexibility index (Phi) is 5.40. The number of hydrogen-bond acceptors (Lipinski definition) is 2. The molecule has 1 heterocycles. The largest absolute Gasteiger partial charge is 0.347 e. The maximum Gasteiger partial charge on any atom is 0.245 e. The molecule has 4 nitrogen and oxygen atoms in total. The zero-order valence-electron chi connectivity index (χ0n) is 13.4. The quantitative estimate of drug-likeness (QED) is 0.869. The molecular weight excluding hydrogens is 342 g/mol. The lowest BCUT2D eigenvalue weighted by atomic mass is 10.0.